The summed E-state index contributed by atoms with van der Waals surface area (Å²) < 4.78 is 5.38. The highest BCUT2D eigenvalue weighted by atomic mass is 32.2. The molecular weight excluding hydrogens is 318 g/mol. The molecule has 4 rings (SSSR count). The van der Waals surface area contributed by atoms with Crippen LogP contribution in [0, 0.1) is 0 Å². The zero-order valence-corrected chi connectivity index (χ0v) is 13.5. The predicted molar refractivity (Wildman–Crippen MR) is 88.6 cm³/mol. The van der Waals surface area contributed by atoms with Crippen molar-refractivity contribution in [2.75, 3.05) is 31.2 Å². The van der Waals surface area contributed by atoms with Gasteiger partial charge in [-0.15, -0.1) is 11.3 Å². The molecule has 3 aromatic rings. The molecule has 0 bridgehead atoms. The number of H-pyrrole nitrogens is 1. The molecule has 1 aliphatic rings. The van der Waals surface area contributed by atoms with Crippen molar-refractivity contribution >= 4 is 39.9 Å². The third-order valence-electron chi connectivity index (χ3n) is 3.47. The van der Waals surface area contributed by atoms with Gasteiger partial charge in [-0.1, -0.05) is 11.8 Å². The standard InChI is InChI=1S/C14H15N5OS2/c1-2-15-12(18-13(1)19-3-5-20-6-4-19)9-22-14-16-10-7-21-8-11(10)17-14/h1-2,7-8H,3-6,9H2,(H,16,17). The van der Waals surface area contributed by atoms with E-state index in [0.29, 0.717) is 5.75 Å². The van der Waals surface area contributed by atoms with Gasteiger partial charge in [0.1, 0.15) is 17.2 Å². The molecular formula is C14H15N5OS2. The van der Waals surface area contributed by atoms with Crippen LogP contribution in [0.15, 0.2) is 28.2 Å². The van der Waals surface area contributed by atoms with Crippen LogP contribution in [0.1, 0.15) is 5.82 Å². The van der Waals surface area contributed by atoms with E-state index < -0.39 is 0 Å². The minimum Gasteiger partial charge on any atom is -0.378 e. The van der Waals surface area contributed by atoms with Crippen molar-refractivity contribution in [2.45, 2.75) is 10.9 Å². The number of hydrogen-bond donors (Lipinski definition) is 1. The zero-order valence-electron chi connectivity index (χ0n) is 11.9. The molecule has 0 atom stereocenters. The number of thioether (sulfide) groups is 1. The minimum absolute atomic E-state index is 0.706. The molecule has 0 radical (unpaired) electrons. The Morgan fingerprint density at radius 1 is 1.27 bits per heavy atom. The van der Waals surface area contributed by atoms with E-state index in [9.17, 15) is 0 Å². The predicted octanol–water partition coefficient (Wildman–Crippen LogP) is 2.54. The molecule has 0 aromatic carbocycles. The van der Waals surface area contributed by atoms with E-state index in [2.05, 4.69) is 30.2 Å². The Balaban J connectivity index is 1.44. The van der Waals surface area contributed by atoms with Gasteiger partial charge in [-0.05, 0) is 6.07 Å². The Bertz CT molecular complexity index is 737. The summed E-state index contributed by atoms with van der Waals surface area (Å²) in [4.78, 5) is 19.1. The second-order valence-corrected chi connectivity index (χ2v) is 6.64. The molecule has 8 heteroatoms. The number of aromatic amines is 1. The summed E-state index contributed by atoms with van der Waals surface area (Å²) in [7, 11) is 0. The molecule has 4 heterocycles. The summed E-state index contributed by atoms with van der Waals surface area (Å²) in [5.41, 5.74) is 2.12. The molecule has 0 unspecified atom stereocenters. The van der Waals surface area contributed by atoms with Crippen LogP contribution in [0.3, 0.4) is 0 Å². The van der Waals surface area contributed by atoms with E-state index in [1.54, 1.807) is 23.1 Å². The molecule has 1 saturated heterocycles. The maximum atomic E-state index is 5.38. The van der Waals surface area contributed by atoms with Crippen LogP contribution in [0.5, 0.6) is 0 Å². The van der Waals surface area contributed by atoms with Crippen molar-refractivity contribution in [3.05, 3.63) is 28.8 Å². The highest BCUT2D eigenvalue weighted by Crippen LogP contribution is 2.24. The first-order chi connectivity index (χ1) is 10.9. The lowest BCUT2D eigenvalue weighted by Crippen LogP contribution is -2.36. The maximum Gasteiger partial charge on any atom is 0.166 e. The number of imidazole rings is 1. The fourth-order valence-corrected chi connectivity index (χ4v) is 3.79. The molecule has 1 aliphatic heterocycles. The van der Waals surface area contributed by atoms with Crippen LogP contribution < -0.4 is 4.90 Å². The van der Waals surface area contributed by atoms with Crippen LogP contribution in [-0.4, -0.2) is 46.2 Å². The van der Waals surface area contributed by atoms with Gasteiger partial charge in [-0.25, -0.2) is 15.0 Å². The van der Waals surface area contributed by atoms with Gasteiger partial charge in [0.25, 0.3) is 0 Å². The van der Waals surface area contributed by atoms with Crippen LogP contribution in [-0.2, 0) is 10.5 Å². The second kappa shape index (κ2) is 6.23. The van der Waals surface area contributed by atoms with Gasteiger partial charge >= 0.3 is 0 Å². The Hall–Kier alpha value is -1.64. The molecule has 3 aromatic heterocycles. The summed E-state index contributed by atoms with van der Waals surface area (Å²) in [6, 6.07) is 1.96. The van der Waals surface area contributed by atoms with Gasteiger partial charge < -0.3 is 14.6 Å². The molecule has 0 aliphatic carbocycles. The zero-order chi connectivity index (χ0) is 14.8. The van der Waals surface area contributed by atoms with Gasteiger partial charge in [-0.3, -0.25) is 0 Å². The lowest BCUT2D eigenvalue weighted by atomic mass is 10.4. The van der Waals surface area contributed by atoms with Gasteiger partial charge in [0, 0.05) is 30.0 Å². The van der Waals surface area contributed by atoms with E-state index in [-0.39, 0.29) is 0 Å². The SMILES string of the molecule is c1cc(N2CCOCC2)nc(CSc2nc3cscc3[nH]2)n1. The van der Waals surface area contributed by atoms with E-state index >= 15 is 0 Å². The fourth-order valence-electron chi connectivity index (χ4n) is 2.35. The first-order valence-electron chi connectivity index (χ1n) is 7.08. The Morgan fingerprint density at radius 3 is 3.05 bits per heavy atom. The van der Waals surface area contributed by atoms with E-state index in [1.807, 2.05) is 17.6 Å². The summed E-state index contributed by atoms with van der Waals surface area (Å²) in [6.45, 7) is 3.30. The summed E-state index contributed by atoms with van der Waals surface area (Å²) in [5, 5.41) is 5.03. The van der Waals surface area contributed by atoms with Crippen molar-refractivity contribution in [1.29, 1.82) is 0 Å². The van der Waals surface area contributed by atoms with E-state index in [4.69, 9.17) is 4.74 Å². The third kappa shape index (κ3) is 2.94. The number of fused-ring (bicyclic) bond motifs is 1. The van der Waals surface area contributed by atoms with Crippen LogP contribution in [0.25, 0.3) is 11.0 Å². The van der Waals surface area contributed by atoms with Crippen LogP contribution in [0.4, 0.5) is 5.82 Å². The van der Waals surface area contributed by atoms with Gasteiger partial charge in [0.05, 0.1) is 24.5 Å². The summed E-state index contributed by atoms with van der Waals surface area (Å²) >= 11 is 3.29. The van der Waals surface area contributed by atoms with Crippen molar-refractivity contribution < 1.29 is 4.74 Å². The average Bonchev–Trinajstić information content (AvgIpc) is 3.15. The first-order valence-corrected chi connectivity index (χ1v) is 9.01. The van der Waals surface area contributed by atoms with Gasteiger partial charge in [0.15, 0.2) is 5.16 Å². The summed E-state index contributed by atoms with van der Waals surface area (Å²) in [6.07, 6.45) is 1.83. The molecule has 0 spiro atoms. The lowest BCUT2D eigenvalue weighted by Gasteiger charge is -2.27. The Labute approximate surface area is 135 Å². The van der Waals surface area contributed by atoms with Crippen LogP contribution >= 0.6 is 23.1 Å². The van der Waals surface area contributed by atoms with Crippen molar-refractivity contribution in [1.82, 2.24) is 19.9 Å². The number of morpholine rings is 1. The molecule has 114 valence electrons. The lowest BCUT2D eigenvalue weighted by molar-refractivity contribution is 0.122. The highest BCUT2D eigenvalue weighted by molar-refractivity contribution is 7.98. The van der Waals surface area contributed by atoms with Crippen molar-refractivity contribution in [3.8, 4) is 0 Å². The smallest absolute Gasteiger partial charge is 0.166 e. The number of nitrogens with zero attached hydrogens (tertiary/aromatic N) is 4. The fraction of sp³-hybridized carbons (Fsp3) is 0.357. The normalized spacial score (nSPS) is 15.5. The maximum absolute atomic E-state index is 5.38. The van der Waals surface area contributed by atoms with Crippen molar-refractivity contribution in [2.24, 2.45) is 0 Å². The molecule has 6 nitrogen and oxygen atoms in total. The van der Waals surface area contributed by atoms with E-state index in [1.165, 1.54) is 0 Å². The number of rotatable bonds is 4. The third-order valence-corrected chi connectivity index (χ3v) is 5.07. The number of hydrogen-bond acceptors (Lipinski definition) is 7. The molecule has 1 fully saturated rings. The van der Waals surface area contributed by atoms with Gasteiger partial charge in [0.2, 0.25) is 0 Å². The second-order valence-electron chi connectivity index (χ2n) is 4.93. The number of ether oxygens (including phenoxy) is 1. The summed E-state index contributed by atoms with van der Waals surface area (Å²) in [5.74, 6) is 2.51. The molecule has 1 N–H and O–H groups in total. The number of thiophene rings is 1. The number of nitrogens with one attached hydrogen (secondary N) is 1. The van der Waals surface area contributed by atoms with Gasteiger partial charge in [-0.2, -0.15) is 0 Å². The number of aromatic nitrogens is 4. The topological polar surface area (TPSA) is 66.9 Å². The average molecular weight is 333 g/mol. The largest absolute Gasteiger partial charge is 0.378 e. The van der Waals surface area contributed by atoms with Crippen LogP contribution in [0.2, 0.25) is 0 Å². The molecule has 22 heavy (non-hydrogen) atoms. The number of anilines is 1. The minimum atomic E-state index is 0.706. The molecule has 0 amide bonds. The monoisotopic (exact) mass is 333 g/mol. The van der Waals surface area contributed by atoms with Crippen molar-refractivity contribution in [3.63, 3.8) is 0 Å². The Morgan fingerprint density at radius 2 is 2.18 bits per heavy atom. The first kappa shape index (κ1) is 14.0. The quantitative estimate of drug-likeness (QED) is 0.740. The highest BCUT2D eigenvalue weighted by Gasteiger charge is 2.13. The molecule has 0 saturated carbocycles. The Kier molecular flexibility index (Phi) is 3.96. The van der Waals surface area contributed by atoms with E-state index in [0.717, 1.165) is 54.1 Å².